The van der Waals surface area contributed by atoms with Gasteiger partial charge in [0.05, 0.1) is 4.91 Å². The monoisotopic (exact) mass is 368 g/mol. The molecule has 3 amide bonds. The number of benzene rings is 1. The Labute approximate surface area is 146 Å². The molecule has 126 valence electrons. The zero-order valence-corrected chi connectivity index (χ0v) is 14.1. The van der Waals surface area contributed by atoms with Gasteiger partial charge in [-0.25, -0.2) is 0 Å². The van der Waals surface area contributed by atoms with Gasteiger partial charge in [0.1, 0.15) is 12.6 Å². The van der Waals surface area contributed by atoms with Crippen molar-refractivity contribution >= 4 is 52.5 Å². The number of nitrogens with one attached hydrogen (secondary N) is 1. The molecule has 0 spiro atoms. The highest BCUT2D eigenvalue weighted by atomic mass is 35.5. The second-order valence-electron chi connectivity index (χ2n) is 4.95. The van der Waals surface area contributed by atoms with Crippen LogP contribution in [0.4, 0.5) is 4.79 Å². The lowest BCUT2D eigenvalue weighted by atomic mass is 10.2. The van der Waals surface area contributed by atoms with Crippen LogP contribution in [0.3, 0.4) is 0 Å². The third kappa shape index (κ3) is 4.36. The number of thioether (sulfide) groups is 1. The van der Waals surface area contributed by atoms with Crippen molar-refractivity contribution in [2.45, 2.75) is 13.0 Å². The number of carbonyl (C=O) groups is 4. The summed E-state index contributed by atoms with van der Waals surface area (Å²) in [5, 5.41) is 10.9. The number of imide groups is 1. The van der Waals surface area contributed by atoms with Crippen molar-refractivity contribution in [2.75, 3.05) is 6.54 Å². The minimum absolute atomic E-state index is 0.182. The third-order valence-corrected chi connectivity index (χ3v) is 4.25. The number of rotatable bonds is 5. The number of carboxylic acids is 1. The molecule has 1 atom stereocenters. The molecule has 2 N–H and O–H groups in total. The van der Waals surface area contributed by atoms with Gasteiger partial charge in [-0.2, -0.15) is 0 Å². The number of aliphatic carboxylic acids is 1. The van der Waals surface area contributed by atoms with E-state index in [1.807, 2.05) is 0 Å². The predicted octanol–water partition coefficient (Wildman–Crippen LogP) is 1.97. The molecule has 1 aromatic rings. The van der Waals surface area contributed by atoms with Crippen molar-refractivity contribution in [3.05, 3.63) is 39.8 Å². The van der Waals surface area contributed by atoms with Crippen molar-refractivity contribution in [2.24, 2.45) is 0 Å². The van der Waals surface area contributed by atoms with E-state index in [1.165, 1.54) is 13.0 Å². The standard InChI is InChI=1S/C15H13ClN2O5S/c1-8(14(21)22)17-12(19)7-18-13(20)11(24-15(18)23)6-9-2-4-10(16)5-3-9/h2-6,8H,7H2,1H3,(H,17,19)(H,21,22)/b11-6-. The van der Waals surface area contributed by atoms with Gasteiger partial charge in [0.2, 0.25) is 5.91 Å². The Bertz CT molecular complexity index is 732. The molecule has 1 aromatic carbocycles. The van der Waals surface area contributed by atoms with Crippen molar-refractivity contribution in [1.82, 2.24) is 10.2 Å². The number of amides is 3. The highest BCUT2D eigenvalue weighted by molar-refractivity contribution is 8.18. The van der Waals surface area contributed by atoms with Gasteiger partial charge in [0.25, 0.3) is 11.1 Å². The van der Waals surface area contributed by atoms with E-state index in [2.05, 4.69) is 5.32 Å². The van der Waals surface area contributed by atoms with Gasteiger partial charge in [-0.1, -0.05) is 23.7 Å². The van der Waals surface area contributed by atoms with Gasteiger partial charge in [-0.15, -0.1) is 0 Å². The summed E-state index contributed by atoms with van der Waals surface area (Å²) in [7, 11) is 0. The van der Waals surface area contributed by atoms with Crippen LogP contribution in [0.1, 0.15) is 12.5 Å². The van der Waals surface area contributed by atoms with E-state index in [-0.39, 0.29) is 4.91 Å². The Morgan fingerprint density at radius 1 is 1.33 bits per heavy atom. The molecule has 1 aliphatic heterocycles. The molecule has 2 rings (SSSR count). The Balaban J connectivity index is 2.07. The molecule has 9 heteroatoms. The Morgan fingerprint density at radius 2 is 1.96 bits per heavy atom. The first kappa shape index (κ1) is 18.0. The largest absolute Gasteiger partial charge is 0.480 e. The fraction of sp³-hybridized carbons (Fsp3) is 0.200. The molecule has 0 aliphatic carbocycles. The van der Waals surface area contributed by atoms with Crippen molar-refractivity contribution in [3.63, 3.8) is 0 Å². The molecule has 1 unspecified atom stereocenters. The van der Waals surface area contributed by atoms with Crippen molar-refractivity contribution in [3.8, 4) is 0 Å². The summed E-state index contributed by atoms with van der Waals surface area (Å²) in [6.45, 7) is 0.759. The molecule has 1 saturated heterocycles. The quantitative estimate of drug-likeness (QED) is 0.770. The molecule has 1 aliphatic rings. The minimum atomic E-state index is -1.21. The Hall–Kier alpha value is -2.32. The maximum Gasteiger partial charge on any atom is 0.325 e. The van der Waals surface area contributed by atoms with E-state index in [1.54, 1.807) is 24.3 Å². The molecule has 0 bridgehead atoms. The second-order valence-corrected chi connectivity index (χ2v) is 6.38. The number of hydrogen-bond donors (Lipinski definition) is 2. The van der Waals surface area contributed by atoms with E-state index in [9.17, 15) is 19.2 Å². The summed E-state index contributed by atoms with van der Waals surface area (Å²) in [6, 6.07) is 5.58. The molecule has 0 saturated carbocycles. The lowest BCUT2D eigenvalue weighted by Crippen LogP contribution is -2.45. The fourth-order valence-corrected chi connectivity index (χ4v) is 2.80. The van der Waals surface area contributed by atoms with E-state index >= 15 is 0 Å². The molecular formula is C15H13ClN2O5S. The zero-order chi connectivity index (χ0) is 17.9. The van der Waals surface area contributed by atoms with Crippen LogP contribution < -0.4 is 5.32 Å². The van der Waals surface area contributed by atoms with Crippen LogP contribution in [0.25, 0.3) is 6.08 Å². The maximum atomic E-state index is 12.2. The average molecular weight is 369 g/mol. The van der Waals surface area contributed by atoms with E-state index in [0.717, 1.165) is 16.7 Å². The first-order valence-electron chi connectivity index (χ1n) is 6.81. The molecule has 1 heterocycles. The van der Waals surface area contributed by atoms with Gasteiger partial charge in [0, 0.05) is 5.02 Å². The predicted molar refractivity (Wildman–Crippen MR) is 89.4 cm³/mol. The maximum absolute atomic E-state index is 12.2. The third-order valence-electron chi connectivity index (χ3n) is 3.09. The second kappa shape index (κ2) is 7.50. The molecule has 24 heavy (non-hydrogen) atoms. The van der Waals surface area contributed by atoms with Crippen LogP contribution in [0.15, 0.2) is 29.2 Å². The zero-order valence-electron chi connectivity index (χ0n) is 12.5. The number of halogens is 1. The van der Waals surface area contributed by atoms with Crippen LogP contribution in [-0.4, -0.2) is 45.6 Å². The van der Waals surface area contributed by atoms with Gasteiger partial charge in [-0.05, 0) is 42.5 Å². The number of nitrogens with zero attached hydrogens (tertiary/aromatic N) is 1. The average Bonchev–Trinajstić information content (AvgIpc) is 2.77. The van der Waals surface area contributed by atoms with Gasteiger partial charge >= 0.3 is 5.97 Å². The Morgan fingerprint density at radius 3 is 2.54 bits per heavy atom. The minimum Gasteiger partial charge on any atom is -0.480 e. The summed E-state index contributed by atoms with van der Waals surface area (Å²) >= 11 is 6.50. The molecule has 0 aromatic heterocycles. The fourth-order valence-electron chi connectivity index (χ4n) is 1.84. The summed E-state index contributed by atoms with van der Waals surface area (Å²) in [4.78, 5) is 47.5. The smallest absolute Gasteiger partial charge is 0.325 e. The van der Waals surface area contributed by atoms with Crippen LogP contribution >= 0.6 is 23.4 Å². The van der Waals surface area contributed by atoms with Gasteiger partial charge < -0.3 is 10.4 Å². The molecule has 1 fully saturated rings. The topological polar surface area (TPSA) is 104 Å². The molecular weight excluding hydrogens is 356 g/mol. The summed E-state index contributed by atoms with van der Waals surface area (Å²) in [5.41, 5.74) is 0.689. The SMILES string of the molecule is CC(NC(=O)CN1C(=O)S/C(=C\c2ccc(Cl)cc2)C1=O)C(=O)O. The van der Waals surface area contributed by atoms with Gasteiger partial charge in [-0.3, -0.25) is 24.1 Å². The van der Waals surface area contributed by atoms with Crippen LogP contribution in [-0.2, 0) is 14.4 Å². The summed E-state index contributed by atoms with van der Waals surface area (Å²) < 4.78 is 0. The molecule has 0 radical (unpaired) electrons. The normalized spacial score (nSPS) is 17.2. The number of carboxylic acid groups (broad SMARTS) is 1. The highest BCUT2D eigenvalue weighted by Gasteiger charge is 2.36. The Kier molecular flexibility index (Phi) is 5.63. The van der Waals surface area contributed by atoms with Crippen LogP contribution in [0, 0.1) is 0 Å². The lowest BCUT2D eigenvalue weighted by molar-refractivity contribution is -0.141. The van der Waals surface area contributed by atoms with Crippen molar-refractivity contribution < 1.29 is 24.3 Å². The molecule has 7 nitrogen and oxygen atoms in total. The first-order chi connectivity index (χ1) is 11.3. The van der Waals surface area contributed by atoms with Crippen LogP contribution in [0.2, 0.25) is 5.02 Å². The first-order valence-corrected chi connectivity index (χ1v) is 8.00. The highest BCUT2D eigenvalue weighted by Crippen LogP contribution is 2.32. The number of hydrogen-bond acceptors (Lipinski definition) is 5. The van der Waals surface area contributed by atoms with Gasteiger partial charge in [0.15, 0.2) is 0 Å². The van der Waals surface area contributed by atoms with E-state index in [4.69, 9.17) is 16.7 Å². The lowest BCUT2D eigenvalue weighted by Gasteiger charge is -2.14. The van der Waals surface area contributed by atoms with E-state index < -0.39 is 35.6 Å². The summed E-state index contributed by atoms with van der Waals surface area (Å²) in [5.74, 6) is -2.53. The van der Waals surface area contributed by atoms with Crippen LogP contribution in [0.5, 0.6) is 0 Å². The summed E-state index contributed by atoms with van der Waals surface area (Å²) in [6.07, 6.45) is 1.53. The van der Waals surface area contributed by atoms with E-state index in [0.29, 0.717) is 10.6 Å². The van der Waals surface area contributed by atoms with Crippen molar-refractivity contribution in [1.29, 1.82) is 0 Å². The number of carbonyl (C=O) groups excluding carboxylic acids is 3.